The van der Waals surface area contributed by atoms with Crippen LogP contribution in [0.1, 0.15) is 31.2 Å². The van der Waals surface area contributed by atoms with E-state index < -0.39 is 11.7 Å². The third-order valence-corrected chi connectivity index (χ3v) is 6.32. The molecule has 1 fully saturated rings. The molecule has 0 saturated heterocycles. The molecule has 0 bridgehead atoms. The molecule has 1 saturated carbocycles. The zero-order valence-electron chi connectivity index (χ0n) is 14.8. The molecule has 4 N–H and O–H groups in total. The summed E-state index contributed by atoms with van der Waals surface area (Å²) in [5, 5.41) is 6.58. The highest BCUT2D eigenvalue weighted by Crippen LogP contribution is 2.49. The van der Waals surface area contributed by atoms with E-state index in [1.54, 1.807) is 0 Å². The van der Waals surface area contributed by atoms with E-state index in [0.29, 0.717) is 28.7 Å². The van der Waals surface area contributed by atoms with Crippen molar-refractivity contribution in [1.82, 2.24) is 0 Å². The number of anilines is 3. The van der Waals surface area contributed by atoms with Gasteiger partial charge in [0.25, 0.3) is 0 Å². The fourth-order valence-corrected chi connectivity index (χ4v) is 4.87. The average molecular weight is 393 g/mol. The average Bonchev–Trinajstić information content (AvgIpc) is 2.63. The number of hydrogen-bond donors (Lipinski definition) is 3. The van der Waals surface area contributed by atoms with Crippen LogP contribution in [0.5, 0.6) is 0 Å². The van der Waals surface area contributed by atoms with Gasteiger partial charge < -0.3 is 16.4 Å². The van der Waals surface area contributed by atoms with Gasteiger partial charge in [0.05, 0.1) is 22.6 Å². The van der Waals surface area contributed by atoms with Crippen molar-refractivity contribution in [2.45, 2.75) is 47.7 Å². The fraction of sp³-hybridized carbons (Fsp3) is 0.400. The summed E-state index contributed by atoms with van der Waals surface area (Å²) in [6.45, 7) is 0.634. The molecular formula is C20H22F3N3S. The predicted molar refractivity (Wildman–Crippen MR) is 104 cm³/mol. The minimum atomic E-state index is -4.38. The lowest BCUT2D eigenvalue weighted by molar-refractivity contribution is -0.137. The lowest BCUT2D eigenvalue weighted by atomic mass is 9.86. The van der Waals surface area contributed by atoms with Crippen LogP contribution in [-0.4, -0.2) is 12.6 Å². The lowest BCUT2D eigenvalue weighted by Crippen LogP contribution is -2.31. The number of hydrogen-bond acceptors (Lipinski definition) is 4. The van der Waals surface area contributed by atoms with Gasteiger partial charge in [-0.3, -0.25) is 0 Å². The van der Waals surface area contributed by atoms with Crippen LogP contribution >= 0.6 is 11.8 Å². The number of alkyl halides is 3. The Morgan fingerprint density at radius 2 is 1.96 bits per heavy atom. The molecule has 1 aliphatic carbocycles. The first-order valence-corrected chi connectivity index (χ1v) is 10.0. The Morgan fingerprint density at radius 1 is 1.15 bits per heavy atom. The van der Waals surface area contributed by atoms with Crippen LogP contribution in [0.2, 0.25) is 0 Å². The predicted octanol–water partition coefficient (Wildman–Crippen LogP) is 5.84. The molecule has 0 aromatic heterocycles. The van der Waals surface area contributed by atoms with Crippen LogP contribution in [0, 0.1) is 5.92 Å². The first-order valence-electron chi connectivity index (χ1n) is 9.19. The molecule has 1 heterocycles. The first-order chi connectivity index (χ1) is 12.9. The molecule has 27 heavy (non-hydrogen) atoms. The van der Waals surface area contributed by atoms with Crippen molar-refractivity contribution in [2.75, 3.05) is 17.2 Å². The molecule has 0 radical (unpaired) electrons. The zero-order chi connectivity index (χ0) is 19.0. The van der Waals surface area contributed by atoms with Crippen LogP contribution in [0.3, 0.4) is 0 Å². The molecule has 2 unspecified atom stereocenters. The topological polar surface area (TPSA) is 50.1 Å². The summed E-state index contributed by atoms with van der Waals surface area (Å²) >= 11 is 1.37. The molecule has 2 atom stereocenters. The molecule has 0 amide bonds. The van der Waals surface area contributed by atoms with Crippen molar-refractivity contribution in [3.8, 4) is 0 Å². The van der Waals surface area contributed by atoms with Crippen molar-refractivity contribution in [1.29, 1.82) is 0 Å². The minimum Gasteiger partial charge on any atom is -0.383 e. The first kappa shape index (κ1) is 18.5. The molecule has 144 valence electrons. The van der Waals surface area contributed by atoms with Crippen molar-refractivity contribution in [2.24, 2.45) is 11.7 Å². The number of nitrogens with one attached hydrogen (secondary N) is 2. The maximum absolute atomic E-state index is 13.4. The van der Waals surface area contributed by atoms with Gasteiger partial charge in [0.2, 0.25) is 0 Å². The van der Waals surface area contributed by atoms with E-state index >= 15 is 0 Å². The molecule has 2 aromatic carbocycles. The highest BCUT2D eigenvalue weighted by Gasteiger charge is 2.33. The van der Waals surface area contributed by atoms with Crippen molar-refractivity contribution in [3.63, 3.8) is 0 Å². The summed E-state index contributed by atoms with van der Waals surface area (Å²) in [5.74, 6) is 0.391. The quantitative estimate of drug-likeness (QED) is 0.523. The van der Waals surface area contributed by atoms with Crippen LogP contribution in [0.4, 0.5) is 30.2 Å². The van der Waals surface area contributed by atoms with Crippen LogP contribution < -0.4 is 16.4 Å². The summed E-state index contributed by atoms with van der Waals surface area (Å²) in [4.78, 5) is 1.51. The second-order valence-electron chi connectivity index (χ2n) is 7.29. The molecule has 4 rings (SSSR count). The van der Waals surface area contributed by atoms with Gasteiger partial charge in [-0.05, 0) is 49.4 Å². The summed E-state index contributed by atoms with van der Waals surface area (Å²) in [5.41, 5.74) is 7.55. The van der Waals surface area contributed by atoms with Gasteiger partial charge in [-0.2, -0.15) is 13.2 Å². The van der Waals surface area contributed by atoms with E-state index in [0.717, 1.165) is 36.3 Å². The third-order valence-electron chi connectivity index (χ3n) is 5.20. The van der Waals surface area contributed by atoms with Crippen LogP contribution in [0.25, 0.3) is 0 Å². The minimum absolute atomic E-state index is 0.196. The van der Waals surface area contributed by atoms with E-state index in [9.17, 15) is 13.2 Å². The Kier molecular flexibility index (Phi) is 4.99. The van der Waals surface area contributed by atoms with Gasteiger partial charge in [-0.25, -0.2) is 0 Å². The summed E-state index contributed by atoms with van der Waals surface area (Å²) in [7, 11) is 0. The molecule has 3 nitrogen and oxygen atoms in total. The third kappa shape index (κ3) is 4.04. The SMILES string of the molecule is NC1CCCC(CNc2cc(C(F)(F)F)cc3c2Nc2ccccc2S3)C1. The van der Waals surface area contributed by atoms with Gasteiger partial charge in [-0.1, -0.05) is 30.3 Å². The van der Waals surface area contributed by atoms with Crippen molar-refractivity contribution < 1.29 is 13.2 Å². The molecule has 2 aromatic rings. The van der Waals surface area contributed by atoms with Gasteiger partial charge in [0, 0.05) is 22.4 Å². The Hall–Kier alpha value is -1.86. The maximum Gasteiger partial charge on any atom is 0.416 e. The normalized spacial score (nSPS) is 21.8. The highest BCUT2D eigenvalue weighted by atomic mass is 32.2. The Bertz CT molecular complexity index is 838. The standard InChI is InChI=1S/C20H22F3N3S/c21-20(22,23)13-9-16(25-11-12-4-3-5-14(24)8-12)19-18(10-13)27-17-7-2-1-6-15(17)26-19/h1-2,6-7,9-10,12,14,25-26H,3-5,8,11,24H2. The van der Waals surface area contributed by atoms with Crippen LogP contribution in [0.15, 0.2) is 46.2 Å². The van der Waals surface area contributed by atoms with Crippen LogP contribution in [-0.2, 0) is 6.18 Å². The second-order valence-corrected chi connectivity index (χ2v) is 8.38. The lowest BCUT2D eigenvalue weighted by Gasteiger charge is -2.29. The van der Waals surface area contributed by atoms with E-state index in [1.807, 2.05) is 24.3 Å². The maximum atomic E-state index is 13.4. The van der Waals surface area contributed by atoms with Gasteiger partial charge >= 0.3 is 6.18 Å². The fourth-order valence-electron chi connectivity index (χ4n) is 3.81. The summed E-state index contributed by atoms with van der Waals surface area (Å²) in [6, 6.07) is 10.3. The Labute approximate surface area is 160 Å². The van der Waals surface area contributed by atoms with E-state index in [-0.39, 0.29) is 6.04 Å². The van der Waals surface area contributed by atoms with E-state index in [4.69, 9.17) is 5.73 Å². The zero-order valence-corrected chi connectivity index (χ0v) is 15.6. The number of benzene rings is 2. The number of fused-ring (bicyclic) bond motifs is 2. The molecule has 7 heteroatoms. The summed E-state index contributed by atoms with van der Waals surface area (Å²) < 4.78 is 40.2. The van der Waals surface area contributed by atoms with E-state index in [2.05, 4.69) is 10.6 Å². The number of rotatable bonds is 3. The smallest absolute Gasteiger partial charge is 0.383 e. The van der Waals surface area contributed by atoms with E-state index in [1.165, 1.54) is 23.9 Å². The van der Waals surface area contributed by atoms with Crippen molar-refractivity contribution in [3.05, 3.63) is 42.0 Å². The molecular weight excluding hydrogens is 371 g/mol. The van der Waals surface area contributed by atoms with Crippen molar-refractivity contribution >= 4 is 28.8 Å². The number of nitrogens with two attached hydrogens (primary N) is 1. The molecule has 1 aliphatic heterocycles. The molecule has 2 aliphatic rings. The largest absolute Gasteiger partial charge is 0.416 e. The highest BCUT2D eigenvalue weighted by molar-refractivity contribution is 7.99. The monoisotopic (exact) mass is 393 g/mol. The second kappa shape index (κ2) is 7.28. The van der Waals surface area contributed by atoms with Gasteiger partial charge in [-0.15, -0.1) is 0 Å². The summed E-state index contributed by atoms with van der Waals surface area (Å²) in [6.07, 6.45) is -0.289. The Morgan fingerprint density at radius 3 is 2.74 bits per heavy atom. The number of halogens is 3. The van der Waals surface area contributed by atoms with Gasteiger partial charge in [0.15, 0.2) is 0 Å². The molecule has 0 spiro atoms. The Balaban J connectivity index is 1.63. The number of para-hydroxylation sites is 1. The van der Waals surface area contributed by atoms with Gasteiger partial charge in [0.1, 0.15) is 0 Å².